The first-order valence-corrected chi connectivity index (χ1v) is 7.88. The fourth-order valence-electron chi connectivity index (χ4n) is 3.22. The fourth-order valence-corrected chi connectivity index (χ4v) is 3.22. The fraction of sp³-hybridized carbons (Fsp3) is 0.529. The lowest BCUT2D eigenvalue weighted by atomic mass is 10.1. The predicted molar refractivity (Wildman–Crippen MR) is 82.1 cm³/mol. The Balaban J connectivity index is 1.66. The van der Waals surface area contributed by atoms with Crippen LogP contribution in [0.1, 0.15) is 24.9 Å². The lowest BCUT2D eigenvalue weighted by Gasteiger charge is -2.29. The molecule has 2 fully saturated rings. The second kappa shape index (κ2) is 6.48. The van der Waals surface area contributed by atoms with Crippen molar-refractivity contribution in [3.05, 3.63) is 35.9 Å². The number of morpholine rings is 1. The van der Waals surface area contributed by atoms with E-state index in [4.69, 9.17) is 4.74 Å². The Morgan fingerprint density at radius 2 is 1.91 bits per heavy atom. The van der Waals surface area contributed by atoms with Crippen molar-refractivity contribution in [2.45, 2.75) is 19.4 Å². The number of benzene rings is 1. The summed E-state index contributed by atoms with van der Waals surface area (Å²) in [7, 11) is 0. The molecule has 118 valence electrons. The maximum atomic E-state index is 12.5. The van der Waals surface area contributed by atoms with Gasteiger partial charge in [0, 0.05) is 26.1 Å². The number of likely N-dealkylation sites (tertiary alicyclic amines) is 1. The summed E-state index contributed by atoms with van der Waals surface area (Å²) in [5.41, 5.74) is 1.11. The average Bonchev–Trinajstić information content (AvgIpc) is 2.97. The number of hydrogen-bond donors (Lipinski definition) is 0. The van der Waals surface area contributed by atoms with Gasteiger partial charge in [-0.2, -0.15) is 0 Å². The van der Waals surface area contributed by atoms with Gasteiger partial charge < -0.3 is 14.5 Å². The van der Waals surface area contributed by atoms with Crippen LogP contribution >= 0.6 is 0 Å². The van der Waals surface area contributed by atoms with Crippen molar-refractivity contribution < 1.29 is 14.3 Å². The summed E-state index contributed by atoms with van der Waals surface area (Å²) >= 11 is 0. The lowest BCUT2D eigenvalue weighted by molar-refractivity contribution is -0.139. The molecule has 2 saturated heterocycles. The summed E-state index contributed by atoms with van der Waals surface area (Å²) in [5.74, 6) is -0.0425. The van der Waals surface area contributed by atoms with Gasteiger partial charge in [-0.25, -0.2) is 0 Å². The first-order valence-electron chi connectivity index (χ1n) is 7.88. The maximum absolute atomic E-state index is 12.5. The molecule has 0 unspecified atom stereocenters. The number of hydrogen-bond acceptors (Lipinski definition) is 3. The van der Waals surface area contributed by atoms with E-state index in [1.165, 1.54) is 0 Å². The van der Waals surface area contributed by atoms with Crippen LogP contribution in [-0.2, 0) is 14.3 Å². The molecule has 0 aliphatic carbocycles. The van der Waals surface area contributed by atoms with Crippen LogP contribution in [0.4, 0.5) is 0 Å². The largest absolute Gasteiger partial charge is 0.378 e. The van der Waals surface area contributed by atoms with E-state index in [2.05, 4.69) is 0 Å². The van der Waals surface area contributed by atoms with E-state index in [0.717, 1.165) is 5.56 Å². The molecule has 2 heterocycles. The van der Waals surface area contributed by atoms with Crippen molar-refractivity contribution in [3.8, 4) is 0 Å². The molecule has 5 heteroatoms. The first kappa shape index (κ1) is 15.0. The first-order chi connectivity index (χ1) is 10.7. The van der Waals surface area contributed by atoms with Gasteiger partial charge in [-0.3, -0.25) is 9.59 Å². The van der Waals surface area contributed by atoms with Gasteiger partial charge >= 0.3 is 0 Å². The molecule has 3 rings (SSSR count). The summed E-state index contributed by atoms with van der Waals surface area (Å²) in [4.78, 5) is 28.5. The predicted octanol–water partition coefficient (Wildman–Crippen LogP) is 1.45. The van der Waals surface area contributed by atoms with E-state index in [1.54, 1.807) is 0 Å². The molecule has 0 aromatic heterocycles. The van der Waals surface area contributed by atoms with Crippen LogP contribution in [0, 0.1) is 5.92 Å². The van der Waals surface area contributed by atoms with Crippen molar-refractivity contribution in [1.29, 1.82) is 0 Å². The van der Waals surface area contributed by atoms with Crippen LogP contribution in [0.25, 0.3) is 0 Å². The second-order valence-corrected chi connectivity index (χ2v) is 5.97. The minimum atomic E-state index is -0.211. The van der Waals surface area contributed by atoms with Crippen LogP contribution in [0.15, 0.2) is 30.3 Å². The summed E-state index contributed by atoms with van der Waals surface area (Å²) in [6.07, 6.45) is 0.327. The zero-order chi connectivity index (χ0) is 15.5. The highest BCUT2D eigenvalue weighted by atomic mass is 16.5. The molecule has 22 heavy (non-hydrogen) atoms. The Labute approximate surface area is 130 Å². The standard InChI is InChI=1S/C17H22N2O3/c1-13(14-5-3-2-4-6-14)19-12-15(11-16(19)20)17(21)18-7-9-22-10-8-18/h2-6,13,15H,7-12H2,1H3/t13-,15+/m0/s1. The number of nitrogens with zero attached hydrogens (tertiary/aromatic N) is 2. The molecule has 1 aromatic carbocycles. The summed E-state index contributed by atoms with van der Waals surface area (Å²) < 4.78 is 5.28. The van der Waals surface area contributed by atoms with Crippen LogP contribution in [-0.4, -0.2) is 54.5 Å². The summed E-state index contributed by atoms with van der Waals surface area (Å²) in [6, 6.07) is 9.97. The third-order valence-corrected chi connectivity index (χ3v) is 4.58. The van der Waals surface area contributed by atoms with E-state index in [1.807, 2.05) is 47.1 Å². The molecule has 2 aliphatic heterocycles. The molecular weight excluding hydrogens is 280 g/mol. The second-order valence-electron chi connectivity index (χ2n) is 5.97. The Hall–Kier alpha value is -1.88. The van der Waals surface area contributed by atoms with Gasteiger partial charge in [-0.1, -0.05) is 30.3 Å². The molecule has 0 N–H and O–H groups in total. The highest BCUT2D eigenvalue weighted by Crippen LogP contribution is 2.29. The van der Waals surface area contributed by atoms with Crippen molar-refractivity contribution in [2.24, 2.45) is 5.92 Å². The number of carbonyl (C=O) groups excluding carboxylic acids is 2. The third-order valence-electron chi connectivity index (χ3n) is 4.58. The monoisotopic (exact) mass is 302 g/mol. The van der Waals surface area contributed by atoms with E-state index in [0.29, 0.717) is 39.3 Å². The highest BCUT2D eigenvalue weighted by Gasteiger charge is 2.38. The quantitative estimate of drug-likeness (QED) is 0.849. The number of ether oxygens (including phenoxy) is 1. The summed E-state index contributed by atoms with van der Waals surface area (Å²) in [5, 5.41) is 0. The van der Waals surface area contributed by atoms with E-state index in [-0.39, 0.29) is 23.8 Å². The molecule has 2 amide bonds. The van der Waals surface area contributed by atoms with Gasteiger partial charge in [-0.15, -0.1) is 0 Å². The molecule has 1 aromatic rings. The normalized spacial score (nSPS) is 23.7. The summed E-state index contributed by atoms with van der Waals surface area (Å²) in [6.45, 7) is 5.00. The maximum Gasteiger partial charge on any atom is 0.228 e. The molecule has 5 nitrogen and oxygen atoms in total. The van der Waals surface area contributed by atoms with E-state index in [9.17, 15) is 9.59 Å². The van der Waals surface area contributed by atoms with E-state index >= 15 is 0 Å². The molecule has 2 atom stereocenters. The zero-order valence-electron chi connectivity index (χ0n) is 12.9. The SMILES string of the molecule is C[C@@H](c1ccccc1)N1C[C@H](C(=O)N2CCOCC2)CC1=O. The van der Waals surface area contributed by atoms with Crippen molar-refractivity contribution in [2.75, 3.05) is 32.8 Å². The Morgan fingerprint density at radius 1 is 1.23 bits per heavy atom. The van der Waals surface area contributed by atoms with Gasteiger partial charge in [0.05, 0.1) is 25.2 Å². The molecule has 0 saturated carbocycles. The number of rotatable bonds is 3. The number of amides is 2. The molecule has 0 bridgehead atoms. The Morgan fingerprint density at radius 3 is 2.59 bits per heavy atom. The highest BCUT2D eigenvalue weighted by molar-refractivity contribution is 5.89. The molecule has 2 aliphatic rings. The smallest absolute Gasteiger partial charge is 0.228 e. The zero-order valence-corrected chi connectivity index (χ0v) is 12.9. The lowest BCUT2D eigenvalue weighted by Crippen LogP contribution is -2.44. The van der Waals surface area contributed by atoms with E-state index < -0.39 is 0 Å². The number of carbonyl (C=O) groups is 2. The Kier molecular flexibility index (Phi) is 4.43. The van der Waals surface area contributed by atoms with Crippen molar-refractivity contribution in [3.63, 3.8) is 0 Å². The molecule has 0 radical (unpaired) electrons. The van der Waals surface area contributed by atoms with Gasteiger partial charge in [0.2, 0.25) is 11.8 Å². The van der Waals surface area contributed by atoms with Gasteiger partial charge in [0.25, 0.3) is 0 Å². The minimum Gasteiger partial charge on any atom is -0.378 e. The van der Waals surface area contributed by atoms with Gasteiger partial charge in [-0.05, 0) is 12.5 Å². The minimum absolute atomic E-state index is 0.0104. The topological polar surface area (TPSA) is 49.9 Å². The van der Waals surface area contributed by atoms with Gasteiger partial charge in [0.15, 0.2) is 0 Å². The molecule has 0 spiro atoms. The van der Waals surface area contributed by atoms with Crippen LogP contribution < -0.4 is 0 Å². The Bertz CT molecular complexity index is 540. The third kappa shape index (κ3) is 2.99. The van der Waals surface area contributed by atoms with Crippen LogP contribution in [0.3, 0.4) is 0 Å². The van der Waals surface area contributed by atoms with Crippen molar-refractivity contribution >= 4 is 11.8 Å². The average molecular weight is 302 g/mol. The van der Waals surface area contributed by atoms with Crippen LogP contribution in [0.2, 0.25) is 0 Å². The van der Waals surface area contributed by atoms with Crippen LogP contribution in [0.5, 0.6) is 0 Å². The van der Waals surface area contributed by atoms with Gasteiger partial charge in [0.1, 0.15) is 0 Å². The van der Waals surface area contributed by atoms with Crippen molar-refractivity contribution in [1.82, 2.24) is 9.80 Å². The molecular formula is C17H22N2O3.